The Kier molecular flexibility index (Phi) is 5.83. The van der Waals surface area contributed by atoms with Crippen LogP contribution in [0.3, 0.4) is 0 Å². The van der Waals surface area contributed by atoms with E-state index in [9.17, 15) is 22.9 Å². The lowest BCUT2D eigenvalue weighted by Crippen LogP contribution is -2.29. The monoisotopic (exact) mass is 368 g/mol. The Balaban J connectivity index is 2.24. The SMILES string of the molecule is COC(CNS(=O)(=O)c1cc([N+](=O)[O-])ccc1C)c1cccc(F)c1. The van der Waals surface area contributed by atoms with Gasteiger partial charge in [0.15, 0.2) is 0 Å². The summed E-state index contributed by atoms with van der Waals surface area (Å²) in [7, 11) is -2.62. The molecule has 0 saturated heterocycles. The summed E-state index contributed by atoms with van der Waals surface area (Å²) in [5.74, 6) is -0.461. The molecule has 1 N–H and O–H groups in total. The number of ether oxygens (including phenoxy) is 1. The molecular weight excluding hydrogens is 351 g/mol. The molecule has 134 valence electrons. The first-order valence-electron chi connectivity index (χ1n) is 7.27. The summed E-state index contributed by atoms with van der Waals surface area (Å²) >= 11 is 0. The van der Waals surface area contributed by atoms with Gasteiger partial charge >= 0.3 is 0 Å². The third-order valence-corrected chi connectivity index (χ3v) is 5.20. The summed E-state index contributed by atoms with van der Waals surface area (Å²) in [6.45, 7) is 1.39. The average Bonchev–Trinajstić information content (AvgIpc) is 2.55. The Labute approximate surface area is 144 Å². The molecule has 0 aromatic heterocycles. The van der Waals surface area contributed by atoms with Gasteiger partial charge in [0.1, 0.15) is 5.82 Å². The van der Waals surface area contributed by atoms with Crippen molar-refractivity contribution in [2.75, 3.05) is 13.7 Å². The number of non-ortho nitro benzene ring substituents is 1. The van der Waals surface area contributed by atoms with Gasteiger partial charge in [0.25, 0.3) is 5.69 Å². The van der Waals surface area contributed by atoms with Gasteiger partial charge in [-0.25, -0.2) is 17.5 Å². The highest BCUT2D eigenvalue weighted by atomic mass is 32.2. The summed E-state index contributed by atoms with van der Waals surface area (Å²) in [4.78, 5) is 10.0. The van der Waals surface area contributed by atoms with E-state index in [1.807, 2.05) is 0 Å². The second-order valence-electron chi connectivity index (χ2n) is 5.34. The van der Waals surface area contributed by atoms with Gasteiger partial charge in [-0.15, -0.1) is 0 Å². The van der Waals surface area contributed by atoms with Crippen LogP contribution >= 0.6 is 0 Å². The van der Waals surface area contributed by atoms with Gasteiger partial charge in [-0.3, -0.25) is 10.1 Å². The number of benzene rings is 2. The molecule has 2 aromatic carbocycles. The lowest BCUT2D eigenvalue weighted by atomic mass is 10.1. The van der Waals surface area contributed by atoms with Gasteiger partial charge in [-0.1, -0.05) is 18.2 Å². The first-order chi connectivity index (χ1) is 11.7. The van der Waals surface area contributed by atoms with Crippen molar-refractivity contribution >= 4 is 15.7 Å². The van der Waals surface area contributed by atoms with Gasteiger partial charge in [-0.2, -0.15) is 0 Å². The maximum Gasteiger partial charge on any atom is 0.270 e. The number of rotatable bonds is 7. The van der Waals surface area contributed by atoms with E-state index in [1.54, 1.807) is 13.0 Å². The minimum Gasteiger partial charge on any atom is -0.375 e. The van der Waals surface area contributed by atoms with Crippen LogP contribution in [0, 0.1) is 22.9 Å². The third-order valence-electron chi connectivity index (χ3n) is 3.64. The predicted octanol–water partition coefficient (Wildman–Crippen LogP) is 2.71. The van der Waals surface area contributed by atoms with Crippen molar-refractivity contribution in [3.63, 3.8) is 0 Å². The summed E-state index contributed by atoms with van der Waals surface area (Å²) in [5, 5.41) is 10.9. The zero-order valence-corrected chi connectivity index (χ0v) is 14.4. The van der Waals surface area contributed by atoms with Crippen LogP contribution in [-0.4, -0.2) is 27.0 Å². The maximum absolute atomic E-state index is 13.3. The molecule has 0 heterocycles. The molecule has 7 nitrogen and oxygen atoms in total. The largest absolute Gasteiger partial charge is 0.375 e. The molecule has 0 saturated carbocycles. The molecule has 1 atom stereocenters. The van der Waals surface area contributed by atoms with Crippen LogP contribution in [0.1, 0.15) is 17.2 Å². The van der Waals surface area contributed by atoms with Gasteiger partial charge in [-0.05, 0) is 30.2 Å². The summed E-state index contributed by atoms with van der Waals surface area (Å²) in [6.07, 6.45) is -0.704. The molecule has 0 aliphatic heterocycles. The second kappa shape index (κ2) is 7.68. The van der Waals surface area contributed by atoms with Crippen molar-refractivity contribution in [1.29, 1.82) is 0 Å². The topological polar surface area (TPSA) is 98.5 Å². The molecule has 0 amide bonds. The van der Waals surface area contributed by atoms with Gasteiger partial charge in [0.2, 0.25) is 10.0 Å². The van der Waals surface area contributed by atoms with E-state index < -0.39 is 26.9 Å². The summed E-state index contributed by atoms with van der Waals surface area (Å²) in [5.41, 5.74) is 0.526. The molecule has 9 heteroatoms. The van der Waals surface area contributed by atoms with Crippen LogP contribution in [0.2, 0.25) is 0 Å². The summed E-state index contributed by atoms with van der Waals surface area (Å²) < 4.78 is 45.9. The van der Waals surface area contributed by atoms with Crippen molar-refractivity contribution in [3.05, 3.63) is 69.5 Å². The fraction of sp³-hybridized carbons (Fsp3) is 0.250. The first kappa shape index (κ1) is 19.0. The molecule has 2 rings (SSSR count). The Morgan fingerprint density at radius 3 is 2.60 bits per heavy atom. The Morgan fingerprint density at radius 1 is 1.28 bits per heavy atom. The maximum atomic E-state index is 13.3. The van der Waals surface area contributed by atoms with Crippen LogP contribution in [-0.2, 0) is 14.8 Å². The highest BCUT2D eigenvalue weighted by Gasteiger charge is 2.22. The van der Waals surface area contributed by atoms with E-state index in [1.165, 1.54) is 37.4 Å². The van der Waals surface area contributed by atoms with Crippen LogP contribution < -0.4 is 4.72 Å². The van der Waals surface area contributed by atoms with Crippen LogP contribution in [0.4, 0.5) is 10.1 Å². The molecule has 0 radical (unpaired) electrons. The number of aryl methyl sites for hydroxylation is 1. The molecule has 1 unspecified atom stereocenters. The Morgan fingerprint density at radius 2 is 2.00 bits per heavy atom. The lowest BCUT2D eigenvalue weighted by Gasteiger charge is -2.17. The Hall–Kier alpha value is -2.36. The van der Waals surface area contributed by atoms with E-state index >= 15 is 0 Å². The lowest BCUT2D eigenvalue weighted by molar-refractivity contribution is -0.385. The zero-order valence-electron chi connectivity index (χ0n) is 13.6. The molecule has 25 heavy (non-hydrogen) atoms. The number of hydrogen-bond donors (Lipinski definition) is 1. The minimum absolute atomic E-state index is 0.148. The van der Waals surface area contributed by atoms with Gasteiger partial charge < -0.3 is 4.74 Å². The molecule has 0 bridgehead atoms. The molecule has 0 spiro atoms. The predicted molar refractivity (Wildman–Crippen MR) is 89.2 cm³/mol. The molecule has 2 aromatic rings. The quantitative estimate of drug-likeness (QED) is 0.598. The highest BCUT2D eigenvalue weighted by Crippen LogP contribution is 2.23. The molecule has 0 fully saturated rings. The third kappa shape index (κ3) is 4.59. The van der Waals surface area contributed by atoms with Crippen molar-refractivity contribution in [3.8, 4) is 0 Å². The van der Waals surface area contributed by atoms with E-state index in [2.05, 4.69) is 4.72 Å². The van der Waals surface area contributed by atoms with E-state index in [-0.39, 0.29) is 17.1 Å². The van der Waals surface area contributed by atoms with Crippen molar-refractivity contribution < 1.29 is 22.5 Å². The normalized spacial score (nSPS) is 12.8. The number of nitro benzene ring substituents is 1. The Bertz CT molecular complexity index is 886. The van der Waals surface area contributed by atoms with Crippen molar-refractivity contribution in [1.82, 2.24) is 4.72 Å². The van der Waals surface area contributed by atoms with Gasteiger partial charge in [0.05, 0.1) is 15.9 Å². The summed E-state index contributed by atoms with van der Waals surface area (Å²) in [6, 6.07) is 9.24. The average molecular weight is 368 g/mol. The number of methoxy groups -OCH3 is 1. The first-order valence-corrected chi connectivity index (χ1v) is 8.76. The van der Waals surface area contributed by atoms with Crippen molar-refractivity contribution in [2.45, 2.75) is 17.9 Å². The molecule has 0 aliphatic carbocycles. The highest BCUT2D eigenvalue weighted by molar-refractivity contribution is 7.89. The van der Waals surface area contributed by atoms with Crippen molar-refractivity contribution in [2.24, 2.45) is 0 Å². The fourth-order valence-corrected chi connectivity index (χ4v) is 3.59. The van der Waals surface area contributed by atoms with Gasteiger partial charge in [0, 0.05) is 25.8 Å². The molecule has 0 aliphatic rings. The number of nitro groups is 1. The number of hydrogen-bond acceptors (Lipinski definition) is 5. The van der Waals surface area contributed by atoms with E-state index in [0.717, 1.165) is 6.07 Å². The zero-order chi connectivity index (χ0) is 18.6. The fourth-order valence-electron chi connectivity index (χ4n) is 2.30. The van der Waals surface area contributed by atoms with E-state index in [4.69, 9.17) is 4.74 Å². The minimum atomic E-state index is -4.00. The van der Waals surface area contributed by atoms with Crippen LogP contribution in [0.5, 0.6) is 0 Å². The standard InChI is InChI=1S/C16H17FN2O5S/c1-11-6-7-14(19(20)21)9-16(11)25(22,23)18-10-15(24-2)12-4-3-5-13(17)8-12/h3-9,15,18H,10H2,1-2H3. The van der Waals surface area contributed by atoms with E-state index in [0.29, 0.717) is 11.1 Å². The number of sulfonamides is 1. The van der Waals surface area contributed by atoms with Crippen LogP contribution in [0.15, 0.2) is 47.4 Å². The smallest absolute Gasteiger partial charge is 0.270 e. The second-order valence-corrected chi connectivity index (χ2v) is 7.07. The van der Waals surface area contributed by atoms with Crippen LogP contribution in [0.25, 0.3) is 0 Å². The molecular formula is C16H17FN2O5S. The number of nitrogens with zero attached hydrogens (tertiary/aromatic N) is 1. The number of halogens is 1. The number of nitrogens with one attached hydrogen (secondary N) is 1.